The third kappa shape index (κ3) is 5.66. The minimum absolute atomic E-state index is 0.103. The van der Waals surface area contributed by atoms with Crippen LogP contribution in [0.25, 0.3) is 10.4 Å². The first-order valence-electron chi connectivity index (χ1n) is 9.85. The van der Waals surface area contributed by atoms with E-state index < -0.39 is 5.78 Å². The van der Waals surface area contributed by atoms with E-state index in [9.17, 15) is 9.59 Å². The van der Waals surface area contributed by atoms with Crippen LogP contribution < -0.4 is 0 Å². The maximum atomic E-state index is 12.7. The predicted molar refractivity (Wildman–Crippen MR) is 108 cm³/mol. The molecule has 5 heteroatoms. The molecule has 1 aromatic carbocycles. The highest BCUT2D eigenvalue weighted by Gasteiger charge is 2.29. The highest BCUT2D eigenvalue weighted by molar-refractivity contribution is 6.27. The molecule has 0 atom stereocenters. The van der Waals surface area contributed by atoms with Crippen molar-refractivity contribution >= 4 is 11.6 Å². The molecule has 0 saturated heterocycles. The Kier molecular flexibility index (Phi) is 8.53. The Balaban J connectivity index is 1.94. The van der Waals surface area contributed by atoms with Crippen molar-refractivity contribution in [3.05, 3.63) is 69.3 Å². The molecular weight excluding hydrogens is 338 g/mol. The fraction of sp³-hybridized carbons (Fsp3) is 0.455. The molecule has 0 amide bonds. The number of ketones is 2. The monoisotopic (exact) mass is 365 g/mol. The Hall–Kier alpha value is -2.65. The molecule has 1 aromatic rings. The van der Waals surface area contributed by atoms with Crippen LogP contribution >= 0.6 is 0 Å². The molecular formula is C22H27N3O2. The van der Waals surface area contributed by atoms with E-state index in [1.54, 1.807) is 30.3 Å². The number of carbonyl (C=O) groups excluding carboxylic acids is 2. The Bertz CT molecular complexity index is 787. The summed E-state index contributed by atoms with van der Waals surface area (Å²) in [4.78, 5) is 28.0. The number of rotatable bonds is 11. The van der Waals surface area contributed by atoms with Gasteiger partial charge in [0, 0.05) is 21.6 Å². The lowest BCUT2D eigenvalue weighted by Crippen LogP contribution is -2.20. The third-order valence-electron chi connectivity index (χ3n) is 4.78. The van der Waals surface area contributed by atoms with E-state index >= 15 is 0 Å². The average Bonchev–Trinajstić information content (AvgIpc) is 2.69. The second kappa shape index (κ2) is 11.1. The van der Waals surface area contributed by atoms with Gasteiger partial charge in [-0.3, -0.25) is 9.59 Å². The predicted octanol–water partition coefficient (Wildman–Crippen LogP) is 6.72. The van der Waals surface area contributed by atoms with Gasteiger partial charge in [-0.25, -0.2) is 0 Å². The van der Waals surface area contributed by atoms with Gasteiger partial charge in [-0.2, -0.15) is 0 Å². The van der Waals surface area contributed by atoms with Crippen LogP contribution in [0, 0.1) is 0 Å². The minimum atomic E-state index is -0.394. The highest BCUT2D eigenvalue weighted by atomic mass is 16.1. The quantitative estimate of drug-likeness (QED) is 0.189. The van der Waals surface area contributed by atoms with Crippen molar-refractivity contribution < 1.29 is 9.59 Å². The van der Waals surface area contributed by atoms with Crippen molar-refractivity contribution in [1.82, 2.24) is 0 Å². The Labute approximate surface area is 160 Å². The molecule has 5 nitrogen and oxygen atoms in total. The molecule has 0 aromatic heterocycles. The molecule has 0 fully saturated rings. The number of Topliss-reactive ketones (excluding diaryl/α,β-unsaturated/α-hetero) is 2. The summed E-state index contributed by atoms with van der Waals surface area (Å²) >= 11 is 0. The topological polar surface area (TPSA) is 82.9 Å². The zero-order valence-electron chi connectivity index (χ0n) is 16.0. The number of azide groups is 1. The number of allylic oxidation sites excluding steroid dienone is 4. The van der Waals surface area contributed by atoms with Crippen LogP contribution in [-0.2, 0) is 0 Å². The maximum absolute atomic E-state index is 12.7. The summed E-state index contributed by atoms with van der Waals surface area (Å²) in [5.74, 6) is -0.658. The largest absolute Gasteiger partial charge is 0.289 e. The molecule has 0 radical (unpaired) electrons. The zero-order chi connectivity index (χ0) is 19.5. The zero-order valence-corrected chi connectivity index (χ0v) is 16.0. The SMILES string of the molecule is CCCCCCCCCCC=CC1=C(N=[N+]=[N-])C(=O)c2ccccc2C1=O. The Morgan fingerprint density at radius 1 is 0.926 bits per heavy atom. The number of benzene rings is 1. The van der Waals surface area contributed by atoms with Crippen LogP contribution in [0.2, 0.25) is 0 Å². The number of hydrogen-bond donors (Lipinski definition) is 0. The fourth-order valence-corrected chi connectivity index (χ4v) is 3.28. The number of unbranched alkanes of at least 4 members (excludes halogenated alkanes) is 8. The Morgan fingerprint density at radius 3 is 2.15 bits per heavy atom. The molecule has 0 aliphatic heterocycles. The van der Waals surface area contributed by atoms with Crippen molar-refractivity contribution in [2.45, 2.75) is 64.7 Å². The van der Waals surface area contributed by atoms with Crippen molar-refractivity contribution in [1.29, 1.82) is 0 Å². The van der Waals surface area contributed by atoms with E-state index in [1.807, 2.05) is 6.08 Å². The maximum Gasteiger partial charge on any atom is 0.196 e. The van der Waals surface area contributed by atoms with Crippen LogP contribution in [-0.4, -0.2) is 11.6 Å². The summed E-state index contributed by atoms with van der Waals surface area (Å²) in [5.41, 5.74) is 9.52. The summed E-state index contributed by atoms with van der Waals surface area (Å²) < 4.78 is 0. The van der Waals surface area contributed by atoms with Gasteiger partial charge in [0.2, 0.25) is 0 Å². The summed E-state index contributed by atoms with van der Waals surface area (Å²) in [7, 11) is 0. The molecule has 0 N–H and O–H groups in total. The van der Waals surface area contributed by atoms with Gasteiger partial charge in [-0.1, -0.05) is 93.4 Å². The van der Waals surface area contributed by atoms with Gasteiger partial charge in [0.25, 0.3) is 0 Å². The number of nitrogens with zero attached hydrogens (tertiary/aromatic N) is 3. The molecule has 0 heterocycles. The van der Waals surface area contributed by atoms with Gasteiger partial charge < -0.3 is 0 Å². The first-order chi connectivity index (χ1) is 13.2. The molecule has 27 heavy (non-hydrogen) atoms. The summed E-state index contributed by atoms with van der Waals surface area (Å²) in [6.45, 7) is 2.22. The average molecular weight is 365 g/mol. The standard InChI is InChI=1S/C22H27N3O2/c1-2-3-4-5-6-7-8-9-10-11-16-19-20(24-25-23)22(27)18-15-13-12-14-17(18)21(19)26/h11-16H,2-10H2,1H3. The third-order valence-corrected chi connectivity index (χ3v) is 4.78. The van der Waals surface area contributed by atoms with E-state index in [2.05, 4.69) is 16.9 Å². The fourth-order valence-electron chi connectivity index (χ4n) is 3.28. The van der Waals surface area contributed by atoms with Crippen molar-refractivity contribution in [3.8, 4) is 0 Å². The van der Waals surface area contributed by atoms with Crippen molar-refractivity contribution in [3.63, 3.8) is 0 Å². The summed E-state index contributed by atoms with van der Waals surface area (Å²) in [5, 5.41) is 3.50. The van der Waals surface area contributed by atoms with Gasteiger partial charge in [-0.15, -0.1) is 0 Å². The van der Waals surface area contributed by atoms with E-state index in [0.29, 0.717) is 11.1 Å². The number of carbonyl (C=O) groups is 2. The van der Waals surface area contributed by atoms with E-state index in [-0.39, 0.29) is 17.1 Å². The van der Waals surface area contributed by atoms with Gasteiger partial charge in [0.1, 0.15) is 0 Å². The van der Waals surface area contributed by atoms with Crippen molar-refractivity contribution in [2.75, 3.05) is 0 Å². The van der Waals surface area contributed by atoms with Crippen LogP contribution in [0.4, 0.5) is 0 Å². The van der Waals surface area contributed by atoms with Crippen LogP contribution in [0.3, 0.4) is 0 Å². The van der Waals surface area contributed by atoms with Gasteiger partial charge in [-0.05, 0) is 18.4 Å². The van der Waals surface area contributed by atoms with E-state index in [4.69, 9.17) is 5.53 Å². The van der Waals surface area contributed by atoms with Gasteiger partial charge in [0.15, 0.2) is 11.6 Å². The Morgan fingerprint density at radius 2 is 1.52 bits per heavy atom. The second-order valence-electron chi connectivity index (χ2n) is 6.82. The molecule has 0 unspecified atom stereocenters. The number of fused-ring (bicyclic) bond motifs is 1. The molecule has 0 spiro atoms. The first-order valence-corrected chi connectivity index (χ1v) is 9.85. The lowest BCUT2D eigenvalue weighted by molar-refractivity contribution is 0.0976. The van der Waals surface area contributed by atoms with Gasteiger partial charge in [0.05, 0.1) is 5.70 Å². The van der Waals surface area contributed by atoms with Gasteiger partial charge >= 0.3 is 0 Å². The minimum Gasteiger partial charge on any atom is -0.289 e. The lowest BCUT2D eigenvalue weighted by Gasteiger charge is -2.16. The summed E-state index contributed by atoms with van der Waals surface area (Å²) in [6.07, 6.45) is 14.3. The first kappa shape index (κ1) is 20.7. The second-order valence-corrected chi connectivity index (χ2v) is 6.82. The molecule has 0 saturated carbocycles. The van der Waals surface area contributed by atoms with Crippen molar-refractivity contribution in [2.24, 2.45) is 5.11 Å². The van der Waals surface area contributed by atoms with Crippen LogP contribution in [0.5, 0.6) is 0 Å². The summed E-state index contributed by atoms with van der Waals surface area (Å²) in [6, 6.07) is 6.64. The molecule has 1 aliphatic carbocycles. The van der Waals surface area contributed by atoms with E-state index in [0.717, 1.165) is 19.3 Å². The lowest BCUT2D eigenvalue weighted by atomic mass is 9.87. The highest BCUT2D eigenvalue weighted by Crippen LogP contribution is 2.28. The van der Waals surface area contributed by atoms with Crippen LogP contribution in [0.1, 0.15) is 85.4 Å². The molecule has 142 valence electrons. The normalized spacial score (nSPS) is 13.8. The van der Waals surface area contributed by atoms with E-state index in [1.165, 1.54) is 38.5 Å². The van der Waals surface area contributed by atoms with Crippen LogP contribution in [0.15, 0.2) is 52.8 Å². The molecule has 0 bridgehead atoms. The molecule has 2 rings (SSSR count). The number of hydrogen-bond acceptors (Lipinski definition) is 3. The molecule has 1 aliphatic rings. The smallest absolute Gasteiger partial charge is 0.196 e.